The summed E-state index contributed by atoms with van der Waals surface area (Å²) in [4.78, 5) is 23.4. The third-order valence-corrected chi connectivity index (χ3v) is 3.04. The van der Waals surface area contributed by atoms with Crippen molar-refractivity contribution in [3.05, 3.63) is 34.1 Å². The Morgan fingerprint density at radius 2 is 2.16 bits per heavy atom. The normalized spacial score (nSPS) is 11.8. The van der Waals surface area contributed by atoms with E-state index in [1.54, 1.807) is 0 Å². The van der Waals surface area contributed by atoms with Gasteiger partial charge in [0.15, 0.2) is 6.10 Å². The second kappa shape index (κ2) is 7.23. The van der Waals surface area contributed by atoms with Crippen molar-refractivity contribution in [2.24, 2.45) is 0 Å². The number of ether oxygens (including phenoxy) is 1. The lowest BCUT2D eigenvalue weighted by molar-refractivity contribution is -0.129. The first-order valence-electron chi connectivity index (χ1n) is 5.89. The van der Waals surface area contributed by atoms with Gasteiger partial charge in [-0.05, 0) is 47.5 Å². The minimum absolute atomic E-state index is 0.0511. The highest BCUT2D eigenvalue weighted by atomic mass is 79.9. The predicted octanol–water partition coefficient (Wildman–Crippen LogP) is 2.66. The lowest BCUT2D eigenvalue weighted by Crippen LogP contribution is -2.36. The van der Waals surface area contributed by atoms with E-state index >= 15 is 0 Å². The van der Waals surface area contributed by atoms with Crippen LogP contribution in [0.15, 0.2) is 22.7 Å². The second-order valence-electron chi connectivity index (χ2n) is 3.96. The molecule has 0 saturated heterocycles. The van der Waals surface area contributed by atoms with E-state index in [9.17, 15) is 14.0 Å². The number of carbonyl (C=O) groups excluding carboxylic acids is 2. The van der Waals surface area contributed by atoms with E-state index in [1.807, 2.05) is 6.92 Å². The van der Waals surface area contributed by atoms with Crippen molar-refractivity contribution in [2.75, 3.05) is 6.54 Å². The standard InChI is InChI=1S/C13H15BrFNO3/c1-3-6-16-12(17)8(2)19-13(18)10-7-9(15)4-5-11(10)14/h4-5,7-8H,3,6H2,1-2H3,(H,16,17). The minimum atomic E-state index is -0.922. The van der Waals surface area contributed by atoms with Crippen LogP contribution in [-0.2, 0) is 9.53 Å². The van der Waals surface area contributed by atoms with Crippen LogP contribution in [0.2, 0.25) is 0 Å². The molecular formula is C13H15BrFNO3. The molecule has 0 fully saturated rings. The van der Waals surface area contributed by atoms with Crippen LogP contribution < -0.4 is 5.32 Å². The van der Waals surface area contributed by atoms with Gasteiger partial charge < -0.3 is 10.1 Å². The molecule has 0 spiro atoms. The number of nitrogens with one attached hydrogen (secondary N) is 1. The third-order valence-electron chi connectivity index (χ3n) is 2.35. The van der Waals surface area contributed by atoms with E-state index in [0.717, 1.165) is 12.5 Å². The number of carbonyl (C=O) groups is 2. The molecule has 0 radical (unpaired) electrons. The van der Waals surface area contributed by atoms with Crippen LogP contribution in [0.5, 0.6) is 0 Å². The molecule has 1 rings (SSSR count). The Morgan fingerprint density at radius 3 is 2.79 bits per heavy atom. The maximum absolute atomic E-state index is 13.1. The van der Waals surface area contributed by atoms with Crippen molar-refractivity contribution in [1.82, 2.24) is 5.32 Å². The molecule has 19 heavy (non-hydrogen) atoms. The van der Waals surface area contributed by atoms with E-state index in [4.69, 9.17) is 4.74 Å². The number of amides is 1. The summed E-state index contributed by atoms with van der Waals surface area (Å²) in [6, 6.07) is 3.69. The largest absolute Gasteiger partial charge is 0.449 e. The highest BCUT2D eigenvalue weighted by molar-refractivity contribution is 9.10. The molecule has 1 aromatic carbocycles. The quantitative estimate of drug-likeness (QED) is 0.844. The Hall–Kier alpha value is -1.43. The van der Waals surface area contributed by atoms with Gasteiger partial charge in [-0.2, -0.15) is 0 Å². The molecule has 0 aliphatic rings. The van der Waals surface area contributed by atoms with E-state index in [2.05, 4.69) is 21.2 Å². The zero-order valence-corrected chi connectivity index (χ0v) is 12.3. The number of rotatable bonds is 5. The molecule has 1 amide bonds. The molecule has 0 bridgehead atoms. The fraction of sp³-hybridized carbons (Fsp3) is 0.385. The number of esters is 1. The highest BCUT2D eigenvalue weighted by Gasteiger charge is 2.20. The molecule has 1 atom stereocenters. The molecule has 4 nitrogen and oxygen atoms in total. The van der Waals surface area contributed by atoms with Crippen LogP contribution in [0.4, 0.5) is 4.39 Å². The summed E-state index contributed by atoms with van der Waals surface area (Å²) in [7, 11) is 0. The smallest absolute Gasteiger partial charge is 0.340 e. The average Bonchev–Trinajstić information content (AvgIpc) is 2.38. The van der Waals surface area contributed by atoms with Crippen molar-refractivity contribution in [2.45, 2.75) is 26.4 Å². The zero-order valence-electron chi connectivity index (χ0n) is 10.7. The van der Waals surface area contributed by atoms with Gasteiger partial charge in [-0.1, -0.05) is 6.92 Å². The number of benzene rings is 1. The van der Waals surface area contributed by atoms with Crippen molar-refractivity contribution >= 4 is 27.8 Å². The van der Waals surface area contributed by atoms with Crippen LogP contribution >= 0.6 is 15.9 Å². The van der Waals surface area contributed by atoms with Gasteiger partial charge in [0, 0.05) is 11.0 Å². The molecule has 0 aliphatic carbocycles. The van der Waals surface area contributed by atoms with Crippen molar-refractivity contribution < 1.29 is 18.7 Å². The zero-order chi connectivity index (χ0) is 14.4. The Morgan fingerprint density at radius 1 is 1.47 bits per heavy atom. The summed E-state index contributed by atoms with van der Waals surface area (Å²) in [5.41, 5.74) is 0.0511. The highest BCUT2D eigenvalue weighted by Crippen LogP contribution is 2.19. The van der Waals surface area contributed by atoms with Crippen molar-refractivity contribution in [1.29, 1.82) is 0 Å². The lowest BCUT2D eigenvalue weighted by Gasteiger charge is -2.13. The second-order valence-corrected chi connectivity index (χ2v) is 4.82. The first kappa shape index (κ1) is 15.6. The van der Waals surface area contributed by atoms with E-state index in [0.29, 0.717) is 11.0 Å². The molecule has 0 aliphatic heterocycles. The van der Waals surface area contributed by atoms with Crippen LogP contribution in [0.1, 0.15) is 30.6 Å². The summed E-state index contributed by atoms with van der Waals surface area (Å²) >= 11 is 3.13. The van der Waals surface area contributed by atoms with Gasteiger partial charge in [0.1, 0.15) is 5.82 Å². The maximum Gasteiger partial charge on any atom is 0.340 e. The number of halogens is 2. The molecule has 104 valence electrons. The fourth-order valence-electron chi connectivity index (χ4n) is 1.32. The summed E-state index contributed by atoms with van der Waals surface area (Å²) < 4.78 is 18.5. The van der Waals surface area contributed by atoms with Gasteiger partial charge in [0.25, 0.3) is 5.91 Å². The number of hydrogen-bond donors (Lipinski definition) is 1. The summed E-state index contributed by atoms with van der Waals surface area (Å²) in [5, 5.41) is 2.61. The molecule has 6 heteroatoms. The fourth-order valence-corrected chi connectivity index (χ4v) is 1.73. The van der Waals surface area contributed by atoms with Crippen LogP contribution in [0.25, 0.3) is 0 Å². The topological polar surface area (TPSA) is 55.4 Å². The van der Waals surface area contributed by atoms with Gasteiger partial charge >= 0.3 is 5.97 Å². The molecule has 1 N–H and O–H groups in total. The molecular weight excluding hydrogens is 317 g/mol. The average molecular weight is 332 g/mol. The SMILES string of the molecule is CCCNC(=O)C(C)OC(=O)c1cc(F)ccc1Br. The lowest BCUT2D eigenvalue weighted by atomic mass is 10.2. The molecule has 1 unspecified atom stereocenters. The third kappa shape index (κ3) is 4.63. The van der Waals surface area contributed by atoms with Gasteiger partial charge in [0.2, 0.25) is 0 Å². The van der Waals surface area contributed by atoms with Gasteiger partial charge in [-0.25, -0.2) is 9.18 Å². The minimum Gasteiger partial charge on any atom is -0.449 e. The van der Waals surface area contributed by atoms with E-state index in [1.165, 1.54) is 19.1 Å². The van der Waals surface area contributed by atoms with Crippen LogP contribution in [0.3, 0.4) is 0 Å². The van der Waals surface area contributed by atoms with Crippen molar-refractivity contribution in [3.63, 3.8) is 0 Å². The summed E-state index contributed by atoms with van der Waals surface area (Å²) in [6.07, 6.45) is -0.129. The Kier molecular flexibility index (Phi) is 5.95. The van der Waals surface area contributed by atoms with Crippen molar-refractivity contribution in [3.8, 4) is 0 Å². The Balaban J connectivity index is 2.68. The van der Waals surface area contributed by atoms with Crippen LogP contribution in [-0.4, -0.2) is 24.5 Å². The Bertz CT molecular complexity index is 479. The first-order chi connectivity index (χ1) is 8.95. The Labute approximate surface area is 119 Å². The summed E-state index contributed by atoms with van der Waals surface area (Å²) in [6.45, 7) is 3.90. The van der Waals surface area contributed by atoms with Gasteiger partial charge in [-0.15, -0.1) is 0 Å². The van der Waals surface area contributed by atoms with Crippen LogP contribution in [0, 0.1) is 5.82 Å². The monoisotopic (exact) mass is 331 g/mol. The molecule has 0 aromatic heterocycles. The summed E-state index contributed by atoms with van der Waals surface area (Å²) in [5.74, 6) is -1.66. The van der Waals surface area contributed by atoms with Gasteiger partial charge in [-0.3, -0.25) is 4.79 Å². The van der Waals surface area contributed by atoms with Gasteiger partial charge in [0.05, 0.1) is 5.56 Å². The maximum atomic E-state index is 13.1. The number of hydrogen-bond acceptors (Lipinski definition) is 3. The molecule has 1 aromatic rings. The van der Waals surface area contributed by atoms with E-state index < -0.39 is 17.9 Å². The first-order valence-corrected chi connectivity index (χ1v) is 6.68. The molecule has 0 heterocycles. The predicted molar refractivity (Wildman–Crippen MR) is 72.3 cm³/mol. The van der Waals surface area contributed by atoms with E-state index in [-0.39, 0.29) is 11.5 Å². The molecule has 0 saturated carbocycles.